The van der Waals surface area contributed by atoms with Gasteiger partial charge < -0.3 is 20.6 Å². The summed E-state index contributed by atoms with van der Waals surface area (Å²) in [7, 11) is 0. The highest BCUT2D eigenvalue weighted by Gasteiger charge is 2.20. The standard InChI is InChI=1S/C15H14N6O3/c1-8-11(20-12(24-8)9-5-3-2-4-6-9)13(22)23-7-10-18-14(16)21-15(17)19-10/h2-6H,7H2,1H3,(H4,16,17,18,19,21). The van der Waals surface area contributed by atoms with Crippen molar-refractivity contribution in [3.05, 3.63) is 47.6 Å². The van der Waals surface area contributed by atoms with Crippen molar-refractivity contribution in [2.24, 2.45) is 0 Å². The lowest BCUT2D eigenvalue weighted by Crippen LogP contribution is -2.12. The van der Waals surface area contributed by atoms with E-state index < -0.39 is 5.97 Å². The summed E-state index contributed by atoms with van der Waals surface area (Å²) in [5.74, 6) is 0.103. The van der Waals surface area contributed by atoms with Crippen LogP contribution in [0.3, 0.4) is 0 Å². The molecule has 24 heavy (non-hydrogen) atoms. The number of nitrogens with zero attached hydrogens (tertiary/aromatic N) is 4. The molecule has 3 aromatic rings. The fourth-order valence-corrected chi connectivity index (χ4v) is 2.01. The molecule has 122 valence electrons. The summed E-state index contributed by atoms with van der Waals surface area (Å²) >= 11 is 0. The smallest absolute Gasteiger partial charge is 0.361 e. The number of hydrogen-bond donors (Lipinski definition) is 2. The molecule has 2 aromatic heterocycles. The minimum atomic E-state index is -0.656. The fraction of sp³-hybridized carbons (Fsp3) is 0.133. The number of ether oxygens (including phenoxy) is 1. The summed E-state index contributed by atoms with van der Waals surface area (Å²) in [5.41, 5.74) is 11.8. The van der Waals surface area contributed by atoms with Gasteiger partial charge in [-0.3, -0.25) is 0 Å². The van der Waals surface area contributed by atoms with E-state index in [0.717, 1.165) is 5.56 Å². The molecule has 0 spiro atoms. The van der Waals surface area contributed by atoms with E-state index in [-0.39, 0.29) is 30.0 Å². The molecule has 1 aromatic carbocycles. The molecule has 0 saturated heterocycles. The highest BCUT2D eigenvalue weighted by Crippen LogP contribution is 2.22. The first-order valence-corrected chi connectivity index (χ1v) is 6.99. The van der Waals surface area contributed by atoms with Crippen LogP contribution in [-0.2, 0) is 11.3 Å². The monoisotopic (exact) mass is 326 g/mol. The van der Waals surface area contributed by atoms with Gasteiger partial charge in [0.2, 0.25) is 17.8 Å². The van der Waals surface area contributed by atoms with Gasteiger partial charge in [-0.05, 0) is 19.1 Å². The van der Waals surface area contributed by atoms with E-state index in [1.54, 1.807) is 6.92 Å². The number of oxazole rings is 1. The van der Waals surface area contributed by atoms with E-state index in [1.807, 2.05) is 30.3 Å². The minimum absolute atomic E-state index is 0.0440. The second-order valence-corrected chi connectivity index (χ2v) is 4.83. The molecular weight excluding hydrogens is 312 g/mol. The summed E-state index contributed by atoms with van der Waals surface area (Å²) in [5, 5.41) is 0. The minimum Gasteiger partial charge on any atom is -0.453 e. The van der Waals surface area contributed by atoms with Crippen molar-refractivity contribution < 1.29 is 13.9 Å². The third-order valence-electron chi connectivity index (χ3n) is 3.06. The van der Waals surface area contributed by atoms with E-state index in [0.29, 0.717) is 11.7 Å². The van der Waals surface area contributed by atoms with Crippen LogP contribution < -0.4 is 11.5 Å². The van der Waals surface area contributed by atoms with Gasteiger partial charge in [0.1, 0.15) is 5.76 Å². The van der Waals surface area contributed by atoms with Gasteiger partial charge in [0.25, 0.3) is 0 Å². The number of nitrogens with two attached hydrogens (primary N) is 2. The molecule has 0 saturated carbocycles. The molecule has 0 amide bonds. The molecule has 0 bridgehead atoms. The van der Waals surface area contributed by atoms with Crippen LogP contribution in [-0.4, -0.2) is 25.9 Å². The molecule has 0 radical (unpaired) electrons. The Hall–Kier alpha value is -3.49. The van der Waals surface area contributed by atoms with Crippen LogP contribution >= 0.6 is 0 Å². The van der Waals surface area contributed by atoms with Crippen molar-refractivity contribution in [2.75, 3.05) is 11.5 Å². The largest absolute Gasteiger partial charge is 0.453 e. The Balaban J connectivity index is 1.74. The molecular formula is C15H14N6O3. The van der Waals surface area contributed by atoms with E-state index in [4.69, 9.17) is 20.6 Å². The van der Waals surface area contributed by atoms with Crippen molar-refractivity contribution in [3.8, 4) is 11.5 Å². The van der Waals surface area contributed by atoms with E-state index in [9.17, 15) is 4.79 Å². The number of esters is 1. The quantitative estimate of drug-likeness (QED) is 0.679. The molecule has 0 fully saturated rings. The summed E-state index contributed by atoms with van der Waals surface area (Å²) in [4.78, 5) is 27.7. The number of aryl methyl sites for hydroxylation is 1. The second-order valence-electron chi connectivity index (χ2n) is 4.83. The molecule has 9 nitrogen and oxygen atoms in total. The van der Waals surface area contributed by atoms with Crippen LogP contribution in [0.5, 0.6) is 0 Å². The third-order valence-corrected chi connectivity index (χ3v) is 3.06. The lowest BCUT2D eigenvalue weighted by atomic mass is 10.2. The van der Waals surface area contributed by atoms with Gasteiger partial charge in [0.15, 0.2) is 18.1 Å². The Morgan fingerprint density at radius 1 is 1.08 bits per heavy atom. The topological polar surface area (TPSA) is 143 Å². The summed E-state index contributed by atoms with van der Waals surface area (Å²) in [6.45, 7) is 1.43. The van der Waals surface area contributed by atoms with Crippen molar-refractivity contribution in [2.45, 2.75) is 13.5 Å². The molecule has 3 rings (SSSR count). The van der Waals surface area contributed by atoms with E-state index in [2.05, 4.69) is 19.9 Å². The van der Waals surface area contributed by atoms with Crippen LogP contribution in [0.4, 0.5) is 11.9 Å². The molecule has 0 aliphatic carbocycles. The maximum absolute atomic E-state index is 12.2. The number of anilines is 2. The van der Waals surface area contributed by atoms with Crippen LogP contribution in [0, 0.1) is 6.92 Å². The van der Waals surface area contributed by atoms with Gasteiger partial charge >= 0.3 is 5.97 Å². The number of benzene rings is 1. The van der Waals surface area contributed by atoms with Gasteiger partial charge in [0, 0.05) is 5.56 Å². The number of aromatic nitrogens is 4. The van der Waals surface area contributed by atoms with Crippen molar-refractivity contribution in [1.29, 1.82) is 0 Å². The first kappa shape index (κ1) is 15.4. The predicted molar refractivity (Wildman–Crippen MR) is 84.4 cm³/mol. The predicted octanol–water partition coefficient (Wildman–Crippen LogP) is 1.36. The van der Waals surface area contributed by atoms with Gasteiger partial charge in [-0.15, -0.1) is 0 Å². The fourth-order valence-electron chi connectivity index (χ4n) is 2.01. The van der Waals surface area contributed by atoms with Crippen LogP contribution in [0.15, 0.2) is 34.7 Å². The average molecular weight is 326 g/mol. The number of rotatable bonds is 4. The lowest BCUT2D eigenvalue weighted by Gasteiger charge is -2.03. The first-order valence-electron chi connectivity index (χ1n) is 6.99. The zero-order valence-electron chi connectivity index (χ0n) is 12.8. The second kappa shape index (κ2) is 6.32. The average Bonchev–Trinajstić information content (AvgIpc) is 2.94. The molecule has 0 unspecified atom stereocenters. The molecule has 0 atom stereocenters. The molecule has 0 aliphatic rings. The van der Waals surface area contributed by atoms with Crippen LogP contribution in [0.2, 0.25) is 0 Å². The summed E-state index contributed by atoms with van der Waals surface area (Å²) in [6, 6.07) is 9.24. The SMILES string of the molecule is Cc1oc(-c2ccccc2)nc1C(=O)OCc1nc(N)nc(N)n1. The normalized spacial score (nSPS) is 10.5. The maximum Gasteiger partial charge on any atom is 0.361 e. The highest BCUT2D eigenvalue weighted by molar-refractivity contribution is 5.88. The Bertz CT molecular complexity index is 858. The zero-order chi connectivity index (χ0) is 17.1. The molecule has 9 heteroatoms. The van der Waals surface area contributed by atoms with E-state index in [1.165, 1.54) is 0 Å². The van der Waals surface area contributed by atoms with Gasteiger partial charge in [-0.25, -0.2) is 9.78 Å². The van der Waals surface area contributed by atoms with E-state index >= 15 is 0 Å². The van der Waals surface area contributed by atoms with Crippen molar-refractivity contribution in [1.82, 2.24) is 19.9 Å². The number of carbonyl (C=O) groups is 1. The van der Waals surface area contributed by atoms with Crippen molar-refractivity contribution >= 4 is 17.9 Å². The Morgan fingerprint density at radius 2 is 1.75 bits per heavy atom. The maximum atomic E-state index is 12.2. The zero-order valence-corrected chi connectivity index (χ0v) is 12.8. The van der Waals surface area contributed by atoms with Gasteiger partial charge in [-0.1, -0.05) is 18.2 Å². The first-order chi connectivity index (χ1) is 11.5. The molecule has 0 aliphatic heterocycles. The Labute approximate surface area is 136 Å². The van der Waals surface area contributed by atoms with Gasteiger partial charge in [-0.2, -0.15) is 15.0 Å². The Kier molecular flexibility index (Phi) is 4.06. The summed E-state index contributed by atoms with van der Waals surface area (Å²) < 4.78 is 10.6. The number of nitrogen functional groups attached to an aromatic ring is 2. The van der Waals surface area contributed by atoms with Crippen molar-refractivity contribution in [3.63, 3.8) is 0 Å². The molecule has 2 heterocycles. The number of hydrogen-bond acceptors (Lipinski definition) is 9. The number of carbonyl (C=O) groups excluding carboxylic acids is 1. The van der Waals surface area contributed by atoms with Crippen LogP contribution in [0.1, 0.15) is 22.1 Å². The highest BCUT2D eigenvalue weighted by atomic mass is 16.5. The summed E-state index contributed by atoms with van der Waals surface area (Å²) in [6.07, 6.45) is 0. The van der Waals surface area contributed by atoms with Crippen LogP contribution in [0.25, 0.3) is 11.5 Å². The van der Waals surface area contributed by atoms with Gasteiger partial charge in [0.05, 0.1) is 0 Å². The lowest BCUT2D eigenvalue weighted by molar-refractivity contribution is 0.0454. The Morgan fingerprint density at radius 3 is 2.42 bits per heavy atom. The third kappa shape index (κ3) is 3.29. The molecule has 4 N–H and O–H groups in total.